The van der Waals surface area contributed by atoms with Crippen molar-refractivity contribution in [2.24, 2.45) is 0 Å². The number of hydrogen-bond acceptors (Lipinski definition) is 2. The number of anilines is 2. The number of nitrogens with one attached hydrogen (secondary N) is 1. The van der Waals surface area contributed by atoms with Gasteiger partial charge in [-0.25, -0.2) is 5.54 Å². The highest BCUT2D eigenvalue weighted by Crippen LogP contribution is 2.24. The number of nitrogens with two attached hydrogens (primary N) is 1. The van der Waals surface area contributed by atoms with Crippen LogP contribution < -0.4 is 11.3 Å². The molecule has 1 rings (SSSR count). The first-order valence-corrected chi connectivity index (χ1v) is 6.57. The van der Waals surface area contributed by atoms with Crippen LogP contribution in [0.2, 0.25) is 0 Å². The van der Waals surface area contributed by atoms with Crippen molar-refractivity contribution in [3.8, 4) is 12.3 Å². The molecule has 110 valence electrons. The molecule has 20 heavy (non-hydrogen) atoms. The van der Waals surface area contributed by atoms with E-state index in [4.69, 9.17) is 5.73 Å². The van der Waals surface area contributed by atoms with E-state index in [1.165, 1.54) is 0 Å². The average molecular weight is 276 g/mol. The molecular weight excluding hydrogens is 251 g/mol. The zero-order valence-electron chi connectivity index (χ0n) is 13.0. The van der Waals surface area contributed by atoms with Crippen molar-refractivity contribution in [3.05, 3.63) is 42.0 Å². The first-order valence-electron chi connectivity index (χ1n) is 6.57. The second kappa shape index (κ2) is 13.2. The van der Waals surface area contributed by atoms with Crippen molar-refractivity contribution in [2.45, 2.75) is 34.6 Å². The van der Waals surface area contributed by atoms with Crippen LogP contribution in [0, 0.1) is 12.3 Å². The molecule has 2 nitrogen and oxygen atoms in total. The standard InChI is InChI=1S/C12H15FN2.C3H4.C2H6/c1-3-5-9(4-2)10-6-7-12(15-13)11(14)8-10;1-3-2;1-2/h3-8,15H,14H2,1-2H3;1H,2H3;1-2H3/b5-3-,9-4+;;. The minimum atomic E-state index is 0.301. The Labute approximate surface area is 122 Å². The van der Waals surface area contributed by atoms with Crippen molar-refractivity contribution in [1.82, 2.24) is 0 Å². The van der Waals surface area contributed by atoms with Crippen LogP contribution in [0.4, 0.5) is 15.9 Å². The second-order valence-electron chi connectivity index (χ2n) is 3.43. The molecule has 0 saturated carbocycles. The Morgan fingerprint density at radius 1 is 1.35 bits per heavy atom. The topological polar surface area (TPSA) is 38.0 Å². The Morgan fingerprint density at radius 2 is 1.90 bits per heavy atom. The van der Waals surface area contributed by atoms with Gasteiger partial charge in [0.05, 0.1) is 11.4 Å². The lowest BCUT2D eigenvalue weighted by atomic mass is 10.0. The van der Waals surface area contributed by atoms with Gasteiger partial charge in [0, 0.05) is 0 Å². The van der Waals surface area contributed by atoms with E-state index in [9.17, 15) is 4.48 Å². The summed E-state index contributed by atoms with van der Waals surface area (Å²) in [6.45, 7) is 9.55. The molecule has 0 bridgehead atoms. The molecular formula is C17H25FN2. The first-order chi connectivity index (χ1) is 9.64. The summed E-state index contributed by atoms with van der Waals surface area (Å²) in [6, 6.07) is 5.20. The van der Waals surface area contributed by atoms with Crippen LogP contribution in [0.1, 0.15) is 40.2 Å². The molecule has 0 aromatic heterocycles. The van der Waals surface area contributed by atoms with Crippen LogP contribution >= 0.6 is 0 Å². The molecule has 3 heteroatoms. The normalized spacial score (nSPS) is 9.75. The number of allylic oxidation sites excluding steroid dienone is 4. The lowest BCUT2D eigenvalue weighted by Crippen LogP contribution is -1.93. The summed E-state index contributed by atoms with van der Waals surface area (Å²) in [5.74, 6) is 2.25. The summed E-state index contributed by atoms with van der Waals surface area (Å²) in [5.41, 5.74) is 9.96. The largest absolute Gasteiger partial charge is 0.397 e. The fraction of sp³-hybridized carbons (Fsp3) is 0.294. The highest BCUT2D eigenvalue weighted by Gasteiger charge is 2.01. The van der Waals surface area contributed by atoms with Crippen molar-refractivity contribution in [2.75, 3.05) is 11.3 Å². The van der Waals surface area contributed by atoms with E-state index in [0.29, 0.717) is 11.4 Å². The van der Waals surface area contributed by atoms with Gasteiger partial charge >= 0.3 is 0 Å². The molecule has 0 saturated heterocycles. The van der Waals surface area contributed by atoms with Crippen molar-refractivity contribution < 1.29 is 4.48 Å². The molecule has 0 aliphatic rings. The molecule has 1 aromatic carbocycles. The predicted octanol–water partition coefficient (Wildman–Crippen LogP) is 5.21. The molecule has 0 unspecified atom stereocenters. The minimum absolute atomic E-state index is 0.301. The Bertz CT molecular complexity index is 468. The van der Waals surface area contributed by atoms with E-state index in [2.05, 4.69) is 12.3 Å². The molecule has 0 radical (unpaired) electrons. The van der Waals surface area contributed by atoms with Crippen molar-refractivity contribution in [3.63, 3.8) is 0 Å². The number of benzene rings is 1. The molecule has 1 aromatic rings. The molecule has 0 fully saturated rings. The van der Waals surface area contributed by atoms with Gasteiger partial charge in [-0.05, 0) is 44.0 Å². The number of rotatable bonds is 3. The van der Waals surface area contributed by atoms with Gasteiger partial charge < -0.3 is 5.73 Å². The maximum Gasteiger partial charge on any atom is 0.0885 e. The summed E-state index contributed by atoms with van der Waals surface area (Å²) in [4.78, 5) is 0. The molecule has 0 atom stereocenters. The van der Waals surface area contributed by atoms with Gasteiger partial charge in [0.2, 0.25) is 0 Å². The van der Waals surface area contributed by atoms with Crippen LogP contribution in [0.25, 0.3) is 5.57 Å². The maximum atomic E-state index is 12.2. The van der Waals surface area contributed by atoms with Crippen molar-refractivity contribution in [1.29, 1.82) is 0 Å². The lowest BCUT2D eigenvalue weighted by Gasteiger charge is -2.06. The lowest BCUT2D eigenvalue weighted by molar-refractivity contribution is 0.618. The predicted molar refractivity (Wildman–Crippen MR) is 89.9 cm³/mol. The van der Waals surface area contributed by atoms with Crippen LogP contribution in [0.5, 0.6) is 0 Å². The van der Waals surface area contributed by atoms with E-state index in [1.54, 1.807) is 24.6 Å². The Balaban J connectivity index is 0. The van der Waals surface area contributed by atoms with Gasteiger partial charge in [-0.1, -0.05) is 38.1 Å². The third-order valence-corrected chi connectivity index (χ3v) is 2.14. The summed E-state index contributed by atoms with van der Waals surface area (Å²) >= 11 is 0. The fourth-order valence-electron chi connectivity index (χ4n) is 1.37. The summed E-state index contributed by atoms with van der Waals surface area (Å²) < 4.78 is 12.2. The number of nitrogen functional groups attached to an aromatic ring is 1. The average Bonchev–Trinajstić information content (AvgIpc) is 2.47. The van der Waals surface area contributed by atoms with E-state index < -0.39 is 0 Å². The van der Waals surface area contributed by atoms with Crippen LogP contribution in [-0.4, -0.2) is 0 Å². The summed E-state index contributed by atoms with van der Waals surface area (Å²) in [6.07, 6.45) is 10.5. The smallest absolute Gasteiger partial charge is 0.0885 e. The number of hydrogen-bond donors (Lipinski definition) is 2. The van der Waals surface area contributed by atoms with Gasteiger partial charge in [0.25, 0.3) is 0 Å². The van der Waals surface area contributed by atoms with E-state index in [-0.39, 0.29) is 0 Å². The van der Waals surface area contributed by atoms with E-state index in [1.807, 2.05) is 52.0 Å². The number of terminal acetylenes is 1. The Kier molecular flexibility index (Phi) is 13.3. The third kappa shape index (κ3) is 7.27. The maximum absolute atomic E-state index is 12.2. The van der Waals surface area contributed by atoms with Crippen LogP contribution in [0.3, 0.4) is 0 Å². The van der Waals surface area contributed by atoms with Gasteiger partial charge in [0.1, 0.15) is 0 Å². The molecule has 3 N–H and O–H groups in total. The molecule has 0 aliphatic heterocycles. The molecule has 0 spiro atoms. The minimum Gasteiger partial charge on any atom is -0.397 e. The summed E-state index contributed by atoms with van der Waals surface area (Å²) in [7, 11) is 0. The fourth-order valence-corrected chi connectivity index (χ4v) is 1.37. The zero-order valence-corrected chi connectivity index (χ0v) is 13.0. The zero-order chi connectivity index (χ0) is 16.0. The monoisotopic (exact) mass is 276 g/mol. The molecule has 0 heterocycles. The van der Waals surface area contributed by atoms with Gasteiger partial charge in [-0.2, -0.15) is 0 Å². The van der Waals surface area contributed by atoms with Gasteiger partial charge in [0.15, 0.2) is 0 Å². The number of halogens is 1. The van der Waals surface area contributed by atoms with Gasteiger partial charge in [-0.3, -0.25) is 0 Å². The highest BCUT2D eigenvalue weighted by molar-refractivity contribution is 5.79. The quantitative estimate of drug-likeness (QED) is 0.344. The summed E-state index contributed by atoms with van der Waals surface area (Å²) in [5, 5.41) is 0. The second-order valence-corrected chi connectivity index (χ2v) is 3.43. The van der Waals surface area contributed by atoms with E-state index >= 15 is 0 Å². The SMILES string of the molecule is C#CC.C/C=C\C(=C/C)c1ccc(NF)c(N)c1.CC. The Morgan fingerprint density at radius 3 is 2.25 bits per heavy atom. The third-order valence-electron chi connectivity index (χ3n) is 2.14. The highest BCUT2D eigenvalue weighted by atomic mass is 19.2. The van der Waals surface area contributed by atoms with Crippen molar-refractivity contribution >= 4 is 16.9 Å². The van der Waals surface area contributed by atoms with Crippen LogP contribution in [0.15, 0.2) is 36.4 Å². The molecule has 0 aliphatic carbocycles. The van der Waals surface area contributed by atoms with Crippen LogP contribution in [-0.2, 0) is 0 Å². The first kappa shape index (κ1) is 20.1. The Hall–Kier alpha value is -2.21. The van der Waals surface area contributed by atoms with Gasteiger partial charge in [-0.15, -0.1) is 16.8 Å². The molecule has 0 amide bonds. The van der Waals surface area contributed by atoms with E-state index in [0.717, 1.165) is 11.1 Å².